The predicted molar refractivity (Wildman–Crippen MR) is 303 cm³/mol. The second kappa shape index (κ2) is 43.6. The van der Waals surface area contributed by atoms with E-state index in [0.29, 0.717) is 6.42 Å². The minimum Gasteiger partial charge on any atom is -0.379 e. The Bertz CT molecular complexity index is 2340. The first kappa shape index (κ1) is 81.0. The Labute approximate surface area is 501 Å². The van der Waals surface area contributed by atoms with Crippen molar-refractivity contribution in [1.29, 1.82) is 0 Å². The summed E-state index contributed by atoms with van der Waals surface area (Å²) in [7, 11) is -17.3. The summed E-state index contributed by atoms with van der Waals surface area (Å²) in [6, 6.07) is -2.61. The van der Waals surface area contributed by atoms with Crippen LogP contribution < -0.4 is 37.2 Å². The molecule has 0 aromatic carbocycles. The highest BCUT2D eigenvalue weighted by molar-refractivity contribution is 7.86. The zero-order valence-corrected chi connectivity index (χ0v) is 52.0. The molecule has 11 N–H and O–H groups in total. The average Bonchev–Trinajstić information content (AvgIpc) is 3.41. The van der Waals surface area contributed by atoms with Gasteiger partial charge < -0.3 is 70.4 Å². The van der Waals surface area contributed by atoms with Crippen molar-refractivity contribution in [3.05, 3.63) is 10.4 Å². The van der Waals surface area contributed by atoms with Crippen molar-refractivity contribution in [3.8, 4) is 0 Å². The van der Waals surface area contributed by atoms with Gasteiger partial charge in [-0.3, -0.25) is 51.8 Å². The standard InChI is InChI=1S/C46H86N10O26S4/c1-45(2,12-24-82-46(3,4)11-13-52-56-47)44(63)55-37(33-80-22-9-42(61)53-35(29-76-18-5-38(57)48-14-25-83(64,65)66)30-77-19-6-39(58)49-15-26-84(67,68)69)34-81-23-10-43(62)54-36(31-78-20-7-40(59)50-16-27-85(70,71)72)32-79-21-8-41(60)51-17-28-86(73,74)75/h35-37H,5-34H2,1-4H3,(H,48,57)(H,49,58)(H,50,59)(H,51,60)(H,53,61)(H,54,62)(H,55,63)(H,64,65,66)(H,67,68,69)(H,70,71,72)(H,73,74,75). The van der Waals surface area contributed by atoms with Crippen LogP contribution in [0.5, 0.6) is 0 Å². The molecule has 0 atom stereocenters. The lowest BCUT2D eigenvalue weighted by atomic mass is 9.88. The molecule has 500 valence electrons. The van der Waals surface area contributed by atoms with Gasteiger partial charge in [0.15, 0.2) is 0 Å². The second-order valence-electron chi connectivity index (χ2n) is 20.1. The Balaban J connectivity index is 5.92. The third-order valence-electron chi connectivity index (χ3n) is 11.3. The van der Waals surface area contributed by atoms with Crippen LogP contribution in [0.25, 0.3) is 10.4 Å². The monoisotopic (exact) mass is 1320 g/mol. The summed E-state index contributed by atoms with van der Waals surface area (Å²) in [5.41, 5.74) is 6.93. The number of hydrogen-bond acceptors (Lipinski definition) is 23. The van der Waals surface area contributed by atoms with Gasteiger partial charge >= 0.3 is 0 Å². The maximum Gasteiger partial charge on any atom is 0.266 e. The smallest absolute Gasteiger partial charge is 0.266 e. The van der Waals surface area contributed by atoms with Crippen LogP contribution in [0.2, 0.25) is 0 Å². The highest BCUT2D eigenvalue weighted by Crippen LogP contribution is 2.24. The molecule has 0 bridgehead atoms. The molecule has 0 rings (SSSR count). The van der Waals surface area contributed by atoms with Gasteiger partial charge in [0.25, 0.3) is 40.5 Å². The Morgan fingerprint density at radius 2 is 0.698 bits per heavy atom. The van der Waals surface area contributed by atoms with Crippen LogP contribution in [0, 0.1) is 5.41 Å². The molecule has 0 aliphatic carbocycles. The van der Waals surface area contributed by atoms with Crippen LogP contribution in [0.1, 0.15) is 79.1 Å². The van der Waals surface area contributed by atoms with Crippen LogP contribution in [0.4, 0.5) is 0 Å². The molecule has 86 heavy (non-hydrogen) atoms. The molecule has 7 amide bonds. The molecule has 0 saturated heterocycles. The molecule has 0 aromatic rings. The van der Waals surface area contributed by atoms with Crippen LogP contribution in [-0.4, -0.2) is 259 Å². The Kier molecular flexibility index (Phi) is 41.0. The van der Waals surface area contributed by atoms with Gasteiger partial charge in [0.05, 0.1) is 126 Å². The molecule has 40 heteroatoms. The number of carbonyl (C=O) groups excluding carboxylic acids is 7. The summed E-state index contributed by atoms with van der Waals surface area (Å²) in [5.74, 6) is -6.82. The third-order valence-corrected chi connectivity index (χ3v) is 14.1. The van der Waals surface area contributed by atoms with Crippen LogP contribution in [0.3, 0.4) is 0 Å². The van der Waals surface area contributed by atoms with Crippen molar-refractivity contribution < 1.29 is 119 Å². The van der Waals surface area contributed by atoms with Crippen molar-refractivity contribution in [2.75, 3.05) is 142 Å². The molecule has 0 unspecified atom stereocenters. The van der Waals surface area contributed by atoms with E-state index in [9.17, 15) is 67.2 Å². The summed E-state index contributed by atoms with van der Waals surface area (Å²) in [5, 5.41) is 21.0. The topological polar surface area (TPSA) is 535 Å². The van der Waals surface area contributed by atoms with Crippen molar-refractivity contribution in [3.63, 3.8) is 0 Å². The molecule has 0 radical (unpaired) electrons. The lowest BCUT2D eigenvalue weighted by Crippen LogP contribution is -2.48. The number of nitrogens with zero attached hydrogens (tertiary/aromatic N) is 3. The van der Waals surface area contributed by atoms with Crippen molar-refractivity contribution >= 4 is 81.8 Å². The Morgan fingerprint density at radius 3 is 0.965 bits per heavy atom. The van der Waals surface area contributed by atoms with Gasteiger partial charge in [0.2, 0.25) is 41.4 Å². The van der Waals surface area contributed by atoms with Crippen molar-refractivity contribution in [2.45, 2.75) is 103 Å². The van der Waals surface area contributed by atoms with E-state index in [-0.39, 0.29) is 164 Å². The lowest BCUT2D eigenvalue weighted by Gasteiger charge is -2.30. The van der Waals surface area contributed by atoms with Gasteiger partial charge in [-0.25, -0.2) is 0 Å². The van der Waals surface area contributed by atoms with E-state index in [1.165, 1.54) is 0 Å². The maximum atomic E-state index is 13.8. The van der Waals surface area contributed by atoms with Crippen molar-refractivity contribution in [2.24, 2.45) is 10.5 Å². The first-order valence-electron chi connectivity index (χ1n) is 26.9. The minimum absolute atomic E-state index is 0.147. The maximum absolute atomic E-state index is 13.8. The molecule has 0 saturated carbocycles. The summed E-state index contributed by atoms with van der Waals surface area (Å²) < 4.78 is 163. The number of rotatable bonds is 53. The molecule has 0 aromatic heterocycles. The summed E-state index contributed by atoms with van der Waals surface area (Å²) in [4.78, 5) is 91.3. The van der Waals surface area contributed by atoms with E-state index in [0.717, 1.165) is 0 Å². The van der Waals surface area contributed by atoms with Gasteiger partial charge in [-0.15, -0.1) is 0 Å². The van der Waals surface area contributed by atoms with E-state index in [1.807, 2.05) is 0 Å². The van der Waals surface area contributed by atoms with Gasteiger partial charge in [-0.1, -0.05) is 19.0 Å². The second-order valence-corrected chi connectivity index (χ2v) is 26.4. The quantitative estimate of drug-likeness (QED) is 0.00940. The SMILES string of the molecule is CC(C)(CCN=[N+]=[N-])OCCC(C)(C)C(=O)NC(COCCC(=O)NC(COCCC(=O)NCCS(=O)(=O)O)COCCC(=O)NCCS(=O)(=O)O)COCCC(=O)NC(COCCC(=O)NCCS(=O)(=O)O)COCCC(=O)NCCS(=O)(=O)O. The summed E-state index contributed by atoms with van der Waals surface area (Å²) in [6.45, 7) is 3.38. The largest absolute Gasteiger partial charge is 0.379 e. The summed E-state index contributed by atoms with van der Waals surface area (Å²) in [6.07, 6.45) is -0.780. The first-order valence-corrected chi connectivity index (χ1v) is 33.3. The van der Waals surface area contributed by atoms with Gasteiger partial charge in [0, 0.05) is 88.2 Å². The fourth-order valence-corrected chi connectivity index (χ4v) is 7.92. The highest BCUT2D eigenvalue weighted by atomic mass is 32.2. The highest BCUT2D eigenvalue weighted by Gasteiger charge is 2.31. The normalized spacial score (nSPS) is 12.4. The Morgan fingerprint density at radius 1 is 0.430 bits per heavy atom. The number of hydrogen-bond donors (Lipinski definition) is 11. The molecule has 0 heterocycles. The van der Waals surface area contributed by atoms with E-state index >= 15 is 0 Å². The van der Waals surface area contributed by atoms with E-state index in [4.69, 9.17) is 56.9 Å². The molecular weight excluding hydrogens is 1240 g/mol. The molecule has 0 spiro atoms. The van der Waals surface area contributed by atoms with Gasteiger partial charge in [-0.05, 0) is 32.2 Å². The molecular formula is C46H86N10O26S4. The average molecular weight is 1320 g/mol. The minimum atomic E-state index is -4.31. The van der Waals surface area contributed by atoms with Crippen LogP contribution in [-0.2, 0) is 107 Å². The number of nitrogens with one attached hydrogen (secondary N) is 7. The lowest BCUT2D eigenvalue weighted by molar-refractivity contribution is -0.133. The number of azide groups is 1. The first-order chi connectivity index (χ1) is 40.0. The molecule has 36 nitrogen and oxygen atoms in total. The van der Waals surface area contributed by atoms with E-state index < -0.39 is 134 Å². The third kappa shape index (κ3) is 51.0. The number of carbonyl (C=O) groups is 7. The predicted octanol–water partition coefficient (Wildman–Crippen LogP) is -3.19. The zero-order valence-electron chi connectivity index (χ0n) is 48.7. The fraction of sp³-hybridized carbons (Fsp3) is 0.848. The number of amides is 7. The molecule has 0 fully saturated rings. The van der Waals surface area contributed by atoms with Gasteiger partial charge in [-0.2, -0.15) is 33.7 Å². The zero-order chi connectivity index (χ0) is 65.3. The van der Waals surface area contributed by atoms with E-state index in [1.54, 1.807) is 27.7 Å². The van der Waals surface area contributed by atoms with E-state index in [2.05, 4.69) is 47.2 Å². The molecule has 0 aliphatic rings. The molecule has 0 aliphatic heterocycles. The van der Waals surface area contributed by atoms with Crippen molar-refractivity contribution in [1.82, 2.24) is 37.2 Å². The number of ether oxygens (including phenoxy) is 7. The van der Waals surface area contributed by atoms with Gasteiger partial charge in [0.1, 0.15) is 0 Å². The summed E-state index contributed by atoms with van der Waals surface area (Å²) >= 11 is 0. The van der Waals surface area contributed by atoms with Crippen LogP contribution in [0.15, 0.2) is 5.11 Å². The van der Waals surface area contributed by atoms with Crippen LogP contribution >= 0.6 is 0 Å². The fourth-order valence-electron chi connectivity index (χ4n) is 6.48. The Hall–Kier alpha value is -5.04.